The van der Waals surface area contributed by atoms with Crippen LogP contribution in [-0.2, 0) is 18.7 Å². The third-order valence-electron chi connectivity index (χ3n) is 4.09. The minimum atomic E-state index is -4.49. The maximum absolute atomic E-state index is 12.4. The van der Waals surface area contributed by atoms with Gasteiger partial charge in [-0.15, -0.1) is 11.6 Å². The molecule has 2 N–H and O–H groups in total. The Bertz CT molecular complexity index is 753. The van der Waals surface area contributed by atoms with E-state index >= 15 is 0 Å². The van der Waals surface area contributed by atoms with Crippen molar-refractivity contribution in [3.8, 4) is 0 Å². The number of hydrogen-bond donors (Lipinski definition) is 2. The van der Waals surface area contributed by atoms with Crippen LogP contribution in [0.15, 0.2) is 23.2 Å². The zero-order valence-corrected chi connectivity index (χ0v) is 17.0. The lowest BCUT2D eigenvalue weighted by Crippen LogP contribution is -2.29. The monoisotopic (exact) mass is 439 g/mol. The Morgan fingerprint density at radius 2 is 1.48 bits per heavy atom. The Labute approximate surface area is 166 Å². The Balaban J connectivity index is 0.000000183. The van der Waals surface area contributed by atoms with Crippen LogP contribution in [0.3, 0.4) is 0 Å². The second kappa shape index (κ2) is 7.73. The molecule has 2 atom stereocenters. The van der Waals surface area contributed by atoms with Crippen molar-refractivity contribution in [2.45, 2.75) is 17.9 Å². The molecule has 3 saturated heterocycles. The summed E-state index contributed by atoms with van der Waals surface area (Å²) in [5.41, 5.74) is 0.722. The van der Waals surface area contributed by atoms with Crippen LogP contribution >= 0.6 is 31.0 Å². The van der Waals surface area contributed by atoms with Crippen LogP contribution in [-0.4, -0.2) is 86.3 Å². The van der Waals surface area contributed by atoms with Gasteiger partial charge < -0.3 is 24.5 Å². The van der Waals surface area contributed by atoms with Crippen molar-refractivity contribution in [1.29, 1.82) is 0 Å². The molecule has 0 aromatic rings. The molecule has 0 aromatic heterocycles. The molecule has 150 valence electrons. The molecule has 9 nitrogen and oxygen atoms in total. The van der Waals surface area contributed by atoms with E-state index in [4.69, 9.17) is 33.0 Å². The highest BCUT2D eigenvalue weighted by atomic mass is 35.5. The van der Waals surface area contributed by atoms with E-state index in [-0.39, 0.29) is 11.6 Å². The van der Waals surface area contributed by atoms with Gasteiger partial charge in [-0.1, -0.05) is 11.6 Å². The molecule has 3 aliphatic heterocycles. The number of alkyl halides is 2. The maximum atomic E-state index is 12.4. The van der Waals surface area contributed by atoms with E-state index in [2.05, 4.69) is 4.52 Å². The van der Waals surface area contributed by atoms with Gasteiger partial charge in [0.25, 0.3) is 0 Å². The Morgan fingerprint density at radius 1 is 1.00 bits per heavy atom. The minimum absolute atomic E-state index is 0.00546. The summed E-state index contributed by atoms with van der Waals surface area (Å²) < 4.78 is 14.1. The number of carbonyl (C=O) groups is 2. The van der Waals surface area contributed by atoms with Crippen LogP contribution < -0.4 is 0 Å². The highest BCUT2D eigenvalue weighted by molar-refractivity contribution is 7.46. The van der Waals surface area contributed by atoms with E-state index in [1.807, 2.05) is 14.7 Å². The third kappa shape index (κ3) is 5.47. The highest BCUT2D eigenvalue weighted by Crippen LogP contribution is 2.39. The summed E-state index contributed by atoms with van der Waals surface area (Å²) in [5.74, 6) is 0.0485. The van der Waals surface area contributed by atoms with Gasteiger partial charge in [-0.3, -0.25) is 14.1 Å². The molecule has 0 amide bonds. The predicted molar refractivity (Wildman–Crippen MR) is 97.9 cm³/mol. The third-order valence-corrected chi connectivity index (χ3v) is 5.54. The number of rotatable bonds is 6. The molecule has 4 aliphatic rings. The predicted octanol–water partition coefficient (Wildman–Crippen LogP) is 0.468. The summed E-state index contributed by atoms with van der Waals surface area (Å²) in [5, 5.41) is -0.644. The number of Topliss-reactive ketones (excluding diaryl/α,β-unsaturated/α-hetero) is 1. The Morgan fingerprint density at radius 3 is 1.85 bits per heavy atom. The average Bonchev–Trinajstić information content (AvgIpc) is 3.41. The van der Waals surface area contributed by atoms with Gasteiger partial charge in [0.05, 0.1) is 11.1 Å². The second-order valence-corrected chi connectivity index (χ2v) is 8.82. The number of nitrogens with zero attached hydrogens (tertiary/aromatic N) is 3. The first-order valence-corrected chi connectivity index (χ1v) is 10.8. The summed E-state index contributed by atoms with van der Waals surface area (Å²) in [6, 6.07) is 0. The first-order chi connectivity index (χ1) is 12.6. The van der Waals surface area contributed by atoms with Gasteiger partial charge in [0, 0.05) is 45.3 Å². The second-order valence-electron chi connectivity index (χ2n) is 6.51. The molecule has 3 fully saturated rings. The van der Waals surface area contributed by atoms with Gasteiger partial charge in [-0.2, -0.15) is 0 Å². The first-order valence-electron chi connectivity index (χ1n) is 8.40. The topological polar surface area (TPSA) is 110 Å². The van der Waals surface area contributed by atoms with E-state index < -0.39 is 18.8 Å². The molecule has 4 rings (SSSR count). The van der Waals surface area contributed by atoms with Gasteiger partial charge in [-0.25, -0.2) is 4.57 Å². The molecule has 27 heavy (non-hydrogen) atoms. The summed E-state index contributed by atoms with van der Waals surface area (Å²) in [7, 11) is -4.49. The van der Waals surface area contributed by atoms with Crippen molar-refractivity contribution >= 4 is 42.6 Å². The molecule has 0 radical (unpaired) electrons. The molecule has 12 heteroatoms. The van der Waals surface area contributed by atoms with Crippen LogP contribution in [0.4, 0.5) is 0 Å². The molecule has 0 bridgehead atoms. The molecule has 0 aromatic carbocycles. The minimum Gasteiger partial charge on any atom is -0.365 e. The van der Waals surface area contributed by atoms with Crippen molar-refractivity contribution < 1.29 is 28.5 Å². The molecule has 1 aliphatic carbocycles. The van der Waals surface area contributed by atoms with E-state index in [1.54, 1.807) is 0 Å². The number of halogens is 2. The van der Waals surface area contributed by atoms with Crippen molar-refractivity contribution in [3.63, 3.8) is 0 Å². The quantitative estimate of drug-likeness (QED) is 0.264. The number of phosphoric acid groups is 1. The van der Waals surface area contributed by atoms with E-state index in [0.29, 0.717) is 17.1 Å². The van der Waals surface area contributed by atoms with Gasteiger partial charge in [-0.05, 0) is 6.92 Å². The van der Waals surface area contributed by atoms with Crippen LogP contribution in [0.2, 0.25) is 0 Å². The summed E-state index contributed by atoms with van der Waals surface area (Å²) in [4.78, 5) is 46.8. The number of ketones is 2. The zero-order valence-electron chi connectivity index (χ0n) is 14.5. The number of hydrogen-bond acceptors (Lipinski definition) is 7. The standard InChI is InChI=1S/C12H13N3O2.C3H7Cl2O4P/c16-9-7-8(13-1-2-13)12(17)11(15-5-6-15)10(9)14-3-4-14;1-2(4)3(5)9-10(6,7)8/h7H,1-6H2;2-3H,1H3,(H2,6,7,8). The first kappa shape index (κ1) is 20.6. The van der Waals surface area contributed by atoms with Crippen molar-refractivity contribution in [2.75, 3.05) is 39.3 Å². The van der Waals surface area contributed by atoms with Crippen molar-refractivity contribution in [2.24, 2.45) is 0 Å². The van der Waals surface area contributed by atoms with E-state index in [9.17, 15) is 14.2 Å². The molecule has 3 heterocycles. The largest absolute Gasteiger partial charge is 0.471 e. The van der Waals surface area contributed by atoms with E-state index in [1.165, 1.54) is 13.0 Å². The van der Waals surface area contributed by atoms with Crippen LogP contribution in [0.5, 0.6) is 0 Å². The Kier molecular flexibility index (Phi) is 5.91. The summed E-state index contributed by atoms with van der Waals surface area (Å²) >= 11 is 10.6. The molecular weight excluding hydrogens is 420 g/mol. The summed E-state index contributed by atoms with van der Waals surface area (Å²) in [6.07, 6.45) is 1.52. The fourth-order valence-electron chi connectivity index (χ4n) is 2.49. The van der Waals surface area contributed by atoms with Gasteiger partial charge in [0.1, 0.15) is 11.4 Å². The number of allylic oxidation sites excluding steroid dienone is 1. The molecule has 0 spiro atoms. The smallest absolute Gasteiger partial charge is 0.365 e. The molecule has 2 unspecified atom stereocenters. The van der Waals surface area contributed by atoms with Crippen LogP contribution in [0, 0.1) is 0 Å². The number of phosphoric ester groups is 1. The lowest BCUT2D eigenvalue weighted by molar-refractivity contribution is -0.117. The SMILES string of the molecule is CC(Cl)C(Cl)OP(=O)(O)O.O=C1C=C(N2CC2)C(=O)C(N2CC2)=C1N1CC1. The Hall–Kier alpha value is -1.09. The normalized spacial score (nSPS) is 23.6. The zero-order chi connectivity index (χ0) is 19.9. The highest BCUT2D eigenvalue weighted by Gasteiger charge is 2.43. The van der Waals surface area contributed by atoms with Gasteiger partial charge in [0.15, 0.2) is 5.56 Å². The van der Waals surface area contributed by atoms with Crippen LogP contribution in [0.1, 0.15) is 6.92 Å². The molecular formula is C15H20Cl2N3O6P. The van der Waals surface area contributed by atoms with E-state index in [0.717, 1.165) is 39.3 Å². The van der Waals surface area contributed by atoms with Crippen LogP contribution in [0.25, 0.3) is 0 Å². The number of carbonyl (C=O) groups excluding carboxylic acids is 2. The lowest BCUT2D eigenvalue weighted by Gasteiger charge is -2.21. The van der Waals surface area contributed by atoms with Crippen molar-refractivity contribution in [1.82, 2.24) is 14.7 Å². The van der Waals surface area contributed by atoms with Gasteiger partial charge in [0.2, 0.25) is 11.6 Å². The fourth-order valence-corrected chi connectivity index (χ4v) is 3.37. The summed E-state index contributed by atoms with van der Waals surface area (Å²) in [6.45, 7) is 6.87. The van der Waals surface area contributed by atoms with Crippen molar-refractivity contribution in [3.05, 3.63) is 23.2 Å². The average molecular weight is 440 g/mol. The molecule has 0 saturated carbocycles. The fraction of sp³-hybridized carbons (Fsp3) is 0.600. The maximum Gasteiger partial charge on any atom is 0.471 e. The lowest BCUT2D eigenvalue weighted by atomic mass is 10.0. The van der Waals surface area contributed by atoms with Gasteiger partial charge >= 0.3 is 7.82 Å².